The van der Waals surface area contributed by atoms with Crippen molar-refractivity contribution >= 4 is 35.4 Å². The lowest BCUT2D eigenvalue weighted by atomic mass is 9.99. The molecule has 6 N–H and O–H groups in total. The minimum atomic E-state index is -1.41. The molecule has 0 aromatic heterocycles. The smallest absolute Gasteiger partial charge is 0.245 e. The maximum absolute atomic E-state index is 13.7. The van der Waals surface area contributed by atoms with E-state index in [9.17, 15) is 33.9 Å². The molecule has 0 bridgehead atoms. The van der Waals surface area contributed by atoms with Crippen LogP contribution in [0.1, 0.15) is 44.7 Å². The summed E-state index contributed by atoms with van der Waals surface area (Å²) < 4.78 is 0. The van der Waals surface area contributed by atoms with Crippen molar-refractivity contribution < 1.29 is 33.9 Å². The second-order valence-electron chi connectivity index (χ2n) is 11.7. The van der Waals surface area contributed by atoms with Crippen molar-refractivity contribution in [2.45, 2.75) is 64.2 Å². The van der Waals surface area contributed by atoms with Crippen LogP contribution in [-0.2, 0) is 35.2 Å². The summed E-state index contributed by atoms with van der Waals surface area (Å²) in [5, 5.41) is 22.9. The predicted molar refractivity (Wildman–Crippen MR) is 170 cm³/mol. The molecule has 248 valence electrons. The van der Waals surface area contributed by atoms with Gasteiger partial charge >= 0.3 is 0 Å². The summed E-state index contributed by atoms with van der Waals surface area (Å²) >= 11 is 0. The summed E-state index contributed by atoms with van der Waals surface area (Å²) in [6.07, 6.45) is 0.101. The number of hydrogen-bond acceptors (Lipinski definition) is 7. The van der Waals surface area contributed by atoms with Crippen LogP contribution in [0.25, 0.3) is 0 Å². The first-order valence-corrected chi connectivity index (χ1v) is 15.4. The maximum atomic E-state index is 13.7. The van der Waals surface area contributed by atoms with Crippen molar-refractivity contribution in [1.29, 1.82) is 0 Å². The molecular weight excluding hydrogens is 592 g/mol. The lowest BCUT2D eigenvalue weighted by Crippen LogP contribution is -2.60. The minimum absolute atomic E-state index is 0.0356. The second kappa shape index (κ2) is 17.1. The van der Waals surface area contributed by atoms with E-state index in [1.807, 2.05) is 12.1 Å². The van der Waals surface area contributed by atoms with Gasteiger partial charge in [0.1, 0.15) is 24.2 Å². The zero-order valence-corrected chi connectivity index (χ0v) is 26.6. The number of amides is 6. The Morgan fingerprint density at radius 3 is 2.02 bits per heavy atom. The predicted octanol–water partition coefficient (Wildman–Crippen LogP) is -0.401. The minimum Gasteiger partial charge on any atom is -0.394 e. The lowest BCUT2D eigenvalue weighted by Gasteiger charge is -2.29. The largest absolute Gasteiger partial charge is 0.394 e. The molecule has 5 atom stereocenters. The van der Waals surface area contributed by atoms with Gasteiger partial charge in [-0.25, -0.2) is 0 Å². The van der Waals surface area contributed by atoms with Gasteiger partial charge in [0.25, 0.3) is 0 Å². The third-order valence-corrected chi connectivity index (χ3v) is 7.75. The summed E-state index contributed by atoms with van der Waals surface area (Å²) in [5.74, 6) is -4.69. The van der Waals surface area contributed by atoms with Crippen molar-refractivity contribution in [2.75, 3.05) is 26.2 Å². The number of nitrogens with zero attached hydrogens (tertiary/aromatic N) is 1. The number of carbonyl (C=O) groups is 6. The number of hydrogen-bond donors (Lipinski definition) is 6. The van der Waals surface area contributed by atoms with E-state index < -0.39 is 66.2 Å². The molecule has 0 aliphatic carbocycles. The molecule has 1 heterocycles. The standard InChI is InChI=1S/C33H44N6O7/c1-20(2)28-32(45)35-22(4)29(42)37-26(19-40)31(44)36-25(17-23-11-7-5-8-12-23)30(43)34-15-16-39(18-27(41)38-28)33(46)21(3)24-13-9-6-10-14-24/h5-14,20-22,25-26,28,40H,15-19H2,1-4H3,(H,34,43)(H,35,45)(H,36,44)(H,37,42)(H,38,41)/t21-,22+,25-,26+,28-/m1/s1. The van der Waals surface area contributed by atoms with E-state index in [1.165, 1.54) is 11.8 Å². The molecule has 1 fully saturated rings. The van der Waals surface area contributed by atoms with Crippen LogP contribution in [0.4, 0.5) is 0 Å². The third-order valence-electron chi connectivity index (χ3n) is 7.75. The van der Waals surface area contributed by atoms with E-state index in [2.05, 4.69) is 26.6 Å². The van der Waals surface area contributed by atoms with Crippen molar-refractivity contribution in [2.24, 2.45) is 5.92 Å². The van der Waals surface area contributed by atoms with E-state index >= 15 is 0 Å². The van der Waals surface area contributed by atoms with Crippen LogP contribution in [0.5, 0.6) is 0 Å². The van der Waals surface area contributed by atoms with Gasteiger partial charge in [-0.2, -0.15) is 0 Å². The normalized spacial score (nSPS) is 23.2. The number of nitrogens with one attached hydrogen (secondary N) is 5. The summed E-state index contributed by atoms with van der Waals surface area (Å²) in [4.78, 5) is 80.9. The molecular formula is C33H44N6O7. The third kappa shape index (κ3) is 10.1. The van der Waals surface area contributed by atoms with Gasteiger partial charge in [-0.15, -0.1) is 0 Å². The Labute approximate surface area is 268 Å². The Bertz CT molecular complexity index is 1370. The van der Waals surface area contributed by atoms with Crippen LogP contribution in [0.15, 0.2) is 60.7 Å². The molecule has 46 heavy (non-hydrogen) atoms. The monoisotopic (exact) mass is 636 g/mol. The molecule has 2 aromatic carbocycles. The molecule has 1 saturated heterocycles. The van der Waals surface area contributed by atoms with Crippen LogP contribution < -0.4 is 26.6 Å². The van der Waals surface area contributed by atoms with E-state index in [1.54, 1.807) is 69.3 Å². The first-order chi connectivity index (χ1) is 21.9. The Hall–Kier alpha value is -4.78. The molecule has 0 spiro atoms. The van der Waals surface area contributed by atoms with E-state index in [0.29, 0.717) is 0 Å². The van der Waals surface area contributed by atoms with Crippen LogP contribution in [0.3, 0.4) is 0 Å². The fourth-order valence-corrected chi connectivity index (χ4v) is 4.98. The summed E-state index contributed by atoms with van der Waals surface area (Å²) in [7, 11) is 0. The molecule has 0 saturated carbocycles. The van der Waals surface area contributed by atoms with Gasteiger partial charge in [-0.1, -0.05) is 74.5 Å². The zero-order chi connectivity index (χ0) is 33.8. The molecule has 13 nitrogen and oxygen atoms in total. The van der Waals surface area contributed by atoms with Crippen LogP contribution in [0, 0.1) is 5.92 Å². The fraction of sp³-hybridized carbons (Fsp3) is 0.455. The Morgan fingerprint density at radius 1 is 0.804 bits per heavy atom. The number of aliphatic hydroxyl groups excluding tert-OH is 1. The highest BCUT2D eigenvalue weighted by Crippen LogP contribution is 2.18. The topological polar surface area (TPSA) is 186 Å². The maximum Gasteiger partial charge on any atom is 0.245 e. The van der Waals surface area contributed by atoms with Crippen LogP contribution in [-0.4, -0.2) is 95.9 Å². The number of carbonyl (C=O) groups excluding carboxylic acids is 6. The Kier molecular flexibility index (Phi) is 13.2. The molecule has 13 heteroatoms. The zero-order valence-electron chi connectivity index (χ0n) is 26.6. The molecule has 1 aliphatic heterocycles. The Balaban J connectivity index is 1.93. The number of benzene rings is 2. The van der Waals surface area contributed by atoms with Gasteiger partial charge in [-0.3, -0.25) is 28.8 Å². The Morgan fingerprint density at radius 2 is 1.41 bits per heavy atom. The van der Waals surface area contributed by atoms with Gasteiger partial charge in [0, 0.05) is 19.5 Å². The fourth-order valence-electron chi connectivity index (χ4n) is 4.98. The van der Waals surface area contributed by atoms with Crippen LogP contribution in [0.2, 0.25) is 0 Å². The molecule has 6 amide bonds. The molecule has 2 aromatic rings. The van der Waals surface area contributed by atoms with Gasteiger partial charge in [0.15, 0.2) is 0 Å². The molecule has 0 radical (unpaired) electrons. The quantitative estimate of drug-likeness (QED) is 0.249. The van der Waals surface area contributed by atoms with Gasteiger partial charge in [-0.05, 0) is 30.9 Å². The second-order valence-corrected chi connectivity index (χ2v) is 11.7. The van der Waals surface area contributed by atoms with Gasteiger partial charge in [0.2, 0.25) is 35.4 Å². The first-order valence-electron chi connectivity index (χ1n) is 15.4. The van der Waals surface area contributed by atoms with Crippen molar-refractivity contribution in [3.05, 3.63) is 71.8 Å². The van der Waals surface area contributed by atoms with E-state index in [0.717, 1.165) is 11.1 Å². The number of aliphatic hydroxyl groups is 1. The first kappa shape index (κ1) is 35.7. The highest BCUT2D eigenvalue weighted by atomic mass is 16.3. The van der Waals surface area contributed by atoms with Crippen molar-refractivity contribution in [3.63, 3.8) is 0 Å². The summed E-state index contributed by atoms with van der Waals surface area (Å²) in [6, 6.07) is 13.3. The van der Waals surface area contributed by atoms with Crippen molar-refractivity contribution in [3.8, 4) is 0 Å². The average Bonchev–Trinajstić information content (AvgIpc) is 3.04. The molecule has 3 rings (SSSR count). The SMILES string of the molecule is CC(C)[C@H]1NC(=O)CN(C(=O)[C@H](C)c2ccccc2)CCNC(=O)[C@@H](Cc2ccccc2)NC(=O)[C@H](CO)NC(=O)[C@H](C)NC1=O. The van der Waals surface area contributed by atoms with Crippen molar-refractivity contribution in [1.82, 2.24) is 31.5 Å². The van der Waals surface area contributed by atoms with E-state index in [4.69, 9.17) is 0 Å². The van der Waals surface area contributed by atoms with Gasteiger partial charge in [0.05, 0.1) is 19.1 Å². The highest BCUT2D eigenvalue weighted by molar-refractivity contribution is 5.96. The number of rotatable bonds is 6. The summed E-state index contributed by atoms with van der Waals surface area (Å²) in [6.45, 7) is 5.32. The molecule has 0 unspecified atom stereocenters. The average molecular weight is 637 g/mol. The summed E-state index contributed by atoms with van der Waals surface area (Å²) in [5.41, 5.74) is 1.49. The van der Waals surface area contributed by atoms with Gasteiger partial charge < -0.3 is 36.6 Å². The van der Waals surface area contributed by atoms with E-state index in [-0.39, 0.29) is 37.9 Å². The molecule has 1 aliphatic rings. The van der Waals surface area contributed by atoms with Crippen LogP contribution >= 0.6 is 0 Å². The lowest BCUT2D eigenvalue weighted by molar-refractivity contribution is -0.139. The highest BCUT2D eigenvalue weighted by Gasteiger charge is 2.32.